The largest absolute Gasteiger partial charge is 1.00 e. The summed E-state index contributed by atoms with van der Waals surface area (Å²) in [7, 11) is -3.23. The SMILES string of the molecule is C1CCOC1.C1CCOC1.C1CCOC1.C[C]1[C](C)[C](C)[C](C)[C]1C.C[C]1[C](C)[C](C)[C](C)[C]1C.C[Si](C)(C)[CH]=[Mo].C[Si](C)(C)[CH]=[Mo].[CH2-][Si](C)(C)C.[CH2-][Si](C)(C)C.[Li+].[Li+].[N-]=O.[N-]=O. The van der Waals surface area contributed by atoms with E-state index >= 15 is 0 Å². The summed E-state index contributed by atoms with van der Waals surface area (Å²) in [6, 6.07) is 0. The number of nitrogens with zero attached hydrogens (tertiary/aromatic N) is 2. The van der Waals surface area contributed by atoms with Crippen molar-refractivity contribution in [2.75, 3.05) is 39.6 Å². The maximum atomic E-state index is 7.25. The van der Waals surface area contributed by atoms with Crippen LogP contribution in [0.5, 0.6) is 0 Å². The van der Waals surface area contributed by atoms with E-state index in [0.717, 1.165) is 39.6 Å². The van der Waals surface area contributed by atoms with Gasteiger partial charge in [-0.15, -0.1) is 16.1 Å². The van der Waals surface area contributed by atoms with Crippen molar-refractivity contribution < 1.29 is 90.6 Å². The Morgan fingerprint density at radius 2 is 0.444 bits per heavy atom. The minimum atomic E-state index is -0.861. The van der Waals surface area contributed by atoms with Crippen LogP contribution in [0.3, 0.4) is 0 Å². The summed E-state index contributed by atoms with van der Waals surface area (Å²) < 4.78 is 19.5. The molecule has 0 unspecified atom stereocenters. The maximum absolute atomic E-state index is 7.25. The molecule has 0 aromatic heterocycles. The zero-order valence-electron chi connectivity index (χ0n) is 45.8. The first-order chi connectivity index (χ1) is 27.7. The van der Waals surface area contributed by atoms with Crippen molar-refractivity contribution in [3.8, 4) is 0 Å². The molecule has 0 aromatic rings. The van der Waals surface area contributed by atoms with Crippen LogP contribution in [0.2, 0.25) is 78.6 Å². The molecule has 0 bridgehead atoms. The topological polar surface area (TPSA) is 106 Å². The molecule has 2 saturated carbocycles. The van der Waals surface area contributed by atoms with Gasteiger partial charge in [-0.1, -0.05) is 109 Å². The Labute approximate surface area is 446 Å². The molecule has 2 aliphatic carbocycles. The van der Waals surface area contributed by atoms with E-state index < -0.39 is 32.3 Å². The normalized spacial score (nSPS) is 18.9. The molecule has 10 radical (unpaired) electrons. The minimum Gasteiger partial charge on any atom is -0.577 e. The van der Waals surface area contributed by atoms with Gasteiger partial charge in [-0.3, -0.25) is 0 Å². The smallest absolute Gasteiger partial charge is 0.577 e. The van der Waals surface area contributed by atoms with E-state index in [-0.39, 0.29) is 37.7 Å². The first-order valence-electron chi connectivity index (χ1n) is 21.9. The van der Waals surface area contributed by atoms with Crippen molar-refractivity contribution in [2.45, 2.75) is 186 Å². The molecule has 360 valence electrons. The monoisotopic (exact) mass is 1100 g/mol. The number of ether oxygens (including phenoxy) is 3. The Bertz CT molecular complexity index is 784. The van der Waals surface area contributed by atoms with E-state index in [1.807, 2.05) is 0 Å². The fraction of sp³-hybridized carbons (Fsp3) is 0.708. The summed E-state index contributed by atoms with van der Waals surface area (Å²) in [6.07, 6.45) is 7.67. The molecule has 7 nitrogen and oxygen atoms in total. The maximum Gasteiger partial charge on any atom is 1.00 e. The molecule has 5 rings (SSSR count). The van der Waals surface area contributed by atoms with Crippen LogP contribution in [0.1, 0.15) is 108 Å². The molecule has 0 amide bonds. The molecule has 3 saturated heterocycles. The average molecular weight is 1100 g/mol. The first-order valence-corrected chi connectivity index (χ1v) is 38.7. The molecule has 0 atom stereocenters. The van der Waals surface area contributed by atoms with Crippen molar-refractivity contribution in [1.82, 2.24) is 0 Å². The van der Waals surface area contributed by atoms with Gasteiger partial charge in [0.2, 0.25) is 0 Å². The summed E-state index contributed by atoms with van der Waals surface area (Å²) in [5, 5.41) is 0. The second-order valence-electron chi connectivity index (χ2n) is 20.3. The predicted octanol–water partition coefficient (Wildman–Crippen LogP) is 8.81. The van der Waals surface area contributed by atoms with Gasteiger partial charge in [0.25, 0.3) is 0 Å². The van der Waals surface area contributed by atoms with Gasteiger partial charge in [0.05, 0.1) is 0 Å². The van der Waals surface area contributed by atoms with Gasteiger partial charge >= 0.3 is 140 Å². The van der Waals surface area contributed by atoms with Crippen molar-refractivity contribution in [3.63, 3.8) is 0 Å². The Balaban J connectivity index is -0.0000000900. The second-order valence-corrected chi connectivity index (χ2v) is 44.0. The standard InChI is InChI=1S/2C10H15.3C4H8O.2C4H11Si.2C4H10Si.2Li.2Mo.2NO/c2*1-6-7(2)9(4)10(5)8(6)3;3*1-2-4-5-3-1;4*1-5(2,3)4;;;;;2*1-2/h2*1-5H3;3*1-4H2;2*1H2,2-4H3;2*1H,2-4H3;;;;;;/q;;;;;2*-1;;;2*+1;;;2*-1. The summed E-state index contributed by atoms with van der Waals surface area (Å²) in [6.45, 7) is 63.1. The first kappa shape index (κ1) is 82.2. The van der Waals surface area contributed by atoms with Gasteiger partial charge in [-0.25, -0.2) is 0 Å². The molecule has 3 heterocycles. The summed E-state index contributed by atoms with van der Waals surface area (Å²) >= 11 is 4.17. The van der Waals surface area contributed by atoms with Gasteiger partial charge < -0.3 is 48.3 Å². The van der Waals surface area contributed by atoms with Crippen LogP contribution in [0.25, 0.3) is 11.2 Å². The van der Waals surface area contributed by atoms with E-state index in [4.69, 9.17) is 35.2 Å². The Hall–Kier alpha value is 2.26. The second kappa shape index (κ2) is 47.9. The molecule has 3 aliphatic heterocycles. The number of rotatable bonds is 2. The average Bonchev–Trinajstić information content (AvgIpc) is 4.05. The van der Waals surface area contributed by atoms with Gasteiger partial charge in [-0.2, -0.15) is 0 Å². The van der Waals surface area contributed by atoms with E-state index in [1.165, 1.54) is 97.7 Å². The van der Waals surface area contributed by atoms with Crippen LogP contribution < -0.4 is 37.7 Å². The number of nitroso groups, excluding NO2 is 2. The van der Waals surface area contributed by atoms with Crippen LogP contribution in [-0.4, -0.2) is 80.0 Å². The fourth-order valence-corrected chi connectivity index (χ4v) is 4.34. The van der Waals surface area contributed by atoms with E-state index in [9.17, 15) is 0 Å². The Kier molecular flexibility index (Phi) is 62.5. The summed E-state index contributed by atoms with van der Waals surface area (Å²) in [5.41, 5.74) is 11.5. The van der Waals surface area contributed by atoms with Crippen molar-refractivity contribution in [1.29, 1.82) is 0 Å². The molecule has 15 heteroatoms. The van der Waals surface area contributed by atoms with Crippen molar-refractivity contribution >= 4 is 40.3 Å². The summed E-state index contributed by atoms with van der Waals surface area (Å²) in [5.74, 6) is 14.7. The Morgan fingerprint density at radius 1 is 0.365 bits per heavy atom. The fourth-order valence-electron chi connectivity index (χ4n) is 4.34. The predicted molar refractivity (Wildman–Crippen MR) is 279 cm³/mol. The molecular weight excluding hydrogens is 1000 g/mol. The third kappa shape index (κ3) is 62.2. The zero-order valence-corrected chi connectivity index (χ0v) is 53.8. The molecule has 5 aliphatic rings. The molecule has 0 aromatic carbocycles. The Morgan fingerprint density at radius 3 is 0.476 bits per heavy atom. The van der Waals surface area contributed by atoms with Gasteiger partial charge in [0.1, 0.15) is 0 Å². The quantitative estimate of drug-likeness (QED) is 0.203. The van der Waals surface area contributed by atoms with Crippen LogP contribution >= 0.6 is 0 Å². The summed E-state index contributed by atoms with van der Waals surface area (Å²) in [4.78, 5) is 14.5. The zero-order chi connectivity index (χ0) is 49.8. The van der Waals surface area contributed by atoms with Crippen LogP contribution in [0.4, 0.5) is 0 Å². The van der Waals surface area contributed by atoms with Crippen LogP contribution in [-0.2, 0) is 52.9 Å². The third-order valence-electron chi connectivity index (χ3n) is 8.81. The van der Waals surface area contributed by atoms with E-state index in [2.05, 4.69) is 208 Å². The molecule has 0 N–H and O–H groups in total. The third-order valence-corrected chi connectivity index (χ3v) is 20.7. The van der Waals surface area contributed by atoms with Crippen molar-refractivity contribution in [3.05, 3.63) is 93.3 Å². The van der Waals surface area contributed by atoms with E-state index in [0.29, 0.717) is 0 Å². The van der Waals surface area contributed by atoms with Crippen molar-refractivity contribution in [2.24, 2.45) is 0 Å². The molecular formula is C48H96Li2Mo2N2O5Si4-2. The number of hydrogen-bond acceptors (Lipinski definition) is 5. The molecule has 5 fully saturated rings. The van der Waals surface area contributed by atoms with Gasteiger partial charge in [0.15, 0.2) is 0 Å². The van der Waals surface area contributed by atoms with Crippen LogP contribution in [0.15, 0.2) is 0 Å². The number of hydrogen-bond donors (Lipinski definition) is 0. The minimum absolute atomic E-state index is 0. The van der Waals surface area contributed by atoms with Gasteiger partial charge in [0, 0.05) is 39.6 Å². The van der Waals surface area contributed by atoms with E-state index in [1.54, 1.807) is 0 Å². The molecule has 0 spiro atoms. The van der Waals surface area contributed by atoms with Gasteiger partial charge in [-0.05, 0) is 97.7 Å². The molecule has 63 heavy (non-hydrogen) atoms. The van der Waals surface area contributed by atoms with Crippen LogP contribution in [0, 0.1) is 82.1 Å².